The van der Waals surface area contributed by atoms with Crippen molar-refractivity contribution >= 4 is 11.7 Å². The Kier molecular flexibility index (Phi) is 4.19. The summed E-state index contributed by atoms with van der Waals surface area (Å²) in [6.45, 7) is 0.203. The third-order valence-electron chi connectivity index (χ3n) is 1.76. The van der Waals surface area contributed by atoms with Crippen molar-refractivity contribution in [3.8, 4) is 5.75 Å². The predicted octanol–water partition coefficient (Wildman–Crippen LogP) is 2.47. The normalized spacial score (nSPS) is 11.0. The molecule has 2 N–H and O–H groups in total. The summed E-state index contributed by atoms with van der Waals surface area (Å²) >= 11 is 0. The number of alkyl halides is 3. The molecular formula is C10H10F3NO3. The standard InChI is InChI=1S/C10H10F3NO3/c11-10(12,13)17-8-3-1-7(2-4-8)14-6-5-9(15)16/h1-4,14H,5-6H2,(H,15,16). The minimum Gasteiger partial charge on any atom is -0.481 e. The molecule has 4 nitrogen and oxygen atoms in total. The maximum Gasteiger partial charge on any atom is 0.573 e. The molecule has 0 fully saturated rings. The number of hydrogen-bond donors (Lipinski definition) is 2. The van der Waals surface area contributed by atoms with Crippen LogP contribution < -0.4 is 10.1 Å². The first-order chi connectivity index (χ1) is 7.87. The highest BCUT2D eigenvalue weighted by molar-refractivity contribution is 5.67. The van der Waals surface area contributed by atoms with E-state index in [0.29, 0.717) is 5.69 Å². The highest BCUT2D eigenvalue weighted by atomic mass is 19.4. The van der Waals surface area contributed by atoms with E-state index in [1.807, 2.05) is 0 Å². The van der Waals surface area contributed by atoms with Gasteiger partial charge < -0.3 is 15.2 Å². The van der Waals surface area contributed by atoms with Crippen molar-refractivity contribution in [1.82, 2.24) is 0 Å². The predicted molar refractivity (Wildman–Crippen MR) is 53.9 cm³/mol. The van der Waals surface area contributed by atoms with Gasteiger partial charge in [0.1, 0.15) is 5.75 Å². The smallest absolute Gasteiger partial charge is 0.481 e. The van der Waals surface area contributed by atoms with Crippen LogP contribution in [0, 0.1) is 0 Å². The lowest BCUT2D eigenvalue weighted by Crippen LogP contribution is -2.17. The molecule has 1 aromatic rings. The molecule has 0 aliphatic heterocycles. The van der Waals surface area contributed by atoms with Crippen molar-refractivity contribution in [2.24, 2.45) is 0 Å². The second kappa shape index (κ2) is 5.42. The number of ether oxygens (including phenoxy) is 1. The van der Waals surface area contributed by atoms with Gasteiger partial charge in [0, 0.05) is 12.2 Å². The summed E-state index contributed by atoms with van der Waals surface area (Å²) in [7, 11) is 0. The van der Waals surface area contributed by atoms with E-state index in [0.717, 1.165) is 12.1 Å². The summed E-state index contributed by atoms with van der Waals surface area (Å²) in [5.41, 5.74) is 0.528. The lowest BCUT2D eigenvalue weighted by atomic mass is 10.3. The van der Waals surface area contributed by atoms with E-state index in [1.165, 1.54) is 12.1 Å². The Bertz CT molecular complexity index is 375. The number of hydrogen-bond acceptors (Lipinski definition) is 3. The van der Waals surface area contributed by atoms with Crippen molar-refractivity contribution in [2.45, 2.75) is 12.8 Å². The second-order valence-corrected chi connectivity index (χ2v) is 3.14. The van der Waals surface area contributed by atoms with E-state index in [9.17, 15) is 18.0 Å². The second-order valence-electron chi connectivity index (χ2n) is 3.14. The molecule has 94 valence electrons. The van der Waals surface area contributed by atoms with Crippen molar-refractivity contribution in [1.29, 1.82) is 0 Å². The van der Waals surface area contributed by atoms with Crippen molar-refractivity contribution in [3.63, 3.8) is 0 Å². The Morgan fingerprint density at radius 1 is 1.29 bits per heavy atom. The number of nitrogens with one attached hydrogen (secondary N) is 1. The molecule has 7 heteroatoms. The number of carboxylic acid groups (broad SMARTS) is 1. The van der Waals surface area contributed by atoms with Crippen molar-refractivity contribution < 1.29 is 27.8 Å². The summed E-state index contributed by atoms with van der Waals surface area (Å²) in [5, 5.41) is 11.1. The Morgan fingerprint density at radius 2 is 1.88 bits per heavy atom. The van der Waals surface area contributed by atoms with Crippen LogP contribution in [-0.2, 0) is 4.79 Å². The molecule has 0 unspecified atom stereocenters. The number of carbonyl (C=O) groups is 1. The van der Waals surface area contributed by atoms with Crippen LogP contribution in [0.5, 0.6) is 5.75 Å². The van der Waals surface area contributed by atoms with Gasteiger partial charge in [-0.25, -0.2) is 0 Å². The topological polar surface area (TPSA) is 58.6 Å². The average molecular weight is 249 g/mol. The van der Waals surface area contributed by atoms with Crippen LogP contribution in [0.15, 0.2) is 24.3 Å². The third-order valence-corrected chi connectivity index (χ3v) is 1.76. The fraction of sp³-hybridized carbons (Fsp3) is 0.300. The molecule has 0 radical (unpaired) electrons. The van der Waals surface area contributed by atoms with Crippen LogP contribution in [0.3, 0.4) is 0 Å². The molecule has 0 atom stereocenters. The molecule has 0 heterocycles. The Labute approximate surface area is 95.0 Å². The Balaban J connectivity index is 2.47. The van der Waals surface area contributed by atoms with Gasteiger partial charge in [-0.3, -0.25) is 4.79 Å². The molecule has 0 bridgehead atoms. The maximum absolute atomic E-state index is 11.8. The first-order valence-electron chi connectivity index (χ1n) is 4.68. The first-order valence-corrected chi connectivity index (χ1v) is 4.68. The van der Waals surface area contributed by atoms with Gasteiger partial charge in [-0.2, -0.15) is 0 Å². The van der Waals surface area contributed by atoms with Gasteiger partial charge in [0.15, 0.2) is 0 Å². The van der Waals surface area contributed by atoms with Crippen LogP contribution in [0.4, 0.5) is 18.9 Å². The van der Waals surface area contributed by atoms with Crippen LogP contribution in [0.25, 0.3) is 0 Å². The van der Waals surface area contributed by atoms with Gasteiger partial charge >= 0.3 is 12.3 Å². The summed E-state index contributed by atoms with van der Waals surface area (Å²) in [6, 6.07) is 5.05. The third kappa shape index (κ3) is 5.64. The zero-order chi connectivity index (χ0) is 12.9. The van der Waals surface area contributed by atoms with E-state index < -0.39 is 12.3 Å². The molecule has 0 aliphatic rings. The van der Waals surface area contributed by atoms with Crippen LogP contribution in [0.2, 0.25) is 0 Å². The molecule has 0 saturated heterocycles. The summed E-state index contributed by atoms with van der Waals surface area (Å²) in [5.74, 6) is -1.27. The molecule has 17 heavy (non-hydrogen) atoms. The van der Waals surface area contributed by atoms with E-state index in [-0.39, 0.29) is 18.7 Å². The number of aliphatic carboxylic acids is 1. The van der Waals surface area contributed by atoms with E-state index >= 15 is 0 Å². The monoisotopic (exact) mass is 249 g/mol. The van der Waals surface area contributed by atoms with Gasteiger partial charge in [-0.05, 0) is 24.3 Å². The van der Waals surface area contributed by atoms with Gasteiger partial charge in [0.2, 0.25) is 0 Å². The molecule has 0 amide bonds. The van der Waals surface area contributed by atoms with Crippen molar-refractivity contribution in [3.05, 3.63) is 24.3 Å². The van der Waals surface area contributed by atoms with Crippen molar-refractivity contribution in [2.75, 3.05) is 11.9 Å². The van der Waals surface area contributed by atoms with E-state index in [4.69, 9.17) is 5.11 Å². The van der Waals surface area contributed by atoms with Crippen LogP contribution >= 0.6 is 0 Å². The SMILES string of the molecule is O=C(O)CCNc1ccc(OC(F)(F)F)cc1. The lowest BCUT2D eigenvalue weighted by molar-refractivity contribution is -0.274. The largest absolute Gasteiger partial charge is 0.573 e. The van der Waals surface area contributed by atoms with Crippen LogP contribution in [0.1, 0.15) is 6.42 Å². The van der Waals surface area contributed by atoms with E-state index in [1.54, 1.807) is 0 Å². The molecular weight excluding hydrogens is 239 g/mol. The maximum atomic E-state index is 11.8. The number of anilines is 1. The highest BCUT2D eigenvalue weighted by Gasteiger charge is 2.30. The fourth-order valence-electron chi connectivity index (χ4n) is 1.09. The average Bonchev–Trinajstić information content (AvgIpc) is 2.18. The molecule has 0 aromatic heterocycles. The molecule has 0 aliphatic carbocycles. The minimum absolute atomic E-state index is 0.0686. The van der Waals surface area contributed by atoms with Gasteiger partial charge in [-0.15, -0.1) is 13.2 Å². The first kappa shape index (κ1) is 13.1. The molecule has 1 aromatic carbocycles. The Hall–Kier alpha value is -1.92. The number of benzene rings is 1. The number of rotatable bonds is 5. The fourth-order valence-corrected chi connectivity index (χ4v) is 1.09. The summed E-state index contributed by atoms with van der Waals surface area (Å²) in [6.07, 6.45) is -4.78. The lowest BCUT2D eigenvalue weighted by Gasteiger charge is -2.09. The molecule has 1 rings (SSSR count). The van der Waals surface area contributed by atoms with Crippen LogP contribution in [-0.4, -0.2) is 24.0 Å². The van der Waals surface area contributed by atoms with Gasteiger partial charge in [0.05, 0.1) is 6.42 Å². The zero-order valence-electron chi connectivity index (χ0n) is 8.62. The van der Waals surface area contributed by atoms with Gasteiger partial charge in [0.25, 0.3) is 0 Å². The minimum atomic E-state index is -4.71. The van der Waals surface area contributed by atoms with Gasteiger partial charge in [-0.1, -0.05) is 0 Å². The quantitative estimate of drug-likeness (QED) is 0.841. The number of halogens is 3. The summed E-state index contributed by atoms with van der Waals surface area (Å²) < 4.78 is 39.2. The highest BCUT2D eigenvalue weighted by Crippen LogP contribution is 2.23. The zero-order valence-corrected chi connectivity index (χ0v) is 8.62. The van der Waals surface area contributed by atoms with E-state index in [2.05, 4.69) is 10.1 Å². The molecule has 0 spiro atoms. The number of carboxylic acids is 1. The Morgan fingerprint density at radius 3 is 2.35 bits per heavy atom. The summed E-state index contributed by atoms with van der Waals surface area (Å²) in [4.78, 5) is 10.2. The molecule has 0 saturated carbocycles.